The van der Waals surface area contributed by atoms with Crippen molar-refractivity contribution in [3.63, 3.8) is 0 Å². The quantitative estimate of drug-likeness (QED) is 0.799. The van der Waals surface area contributed by atoms with Gasteiger partial charge in [-0.15, -0.1) is 0 Å². The Labute approximate surface area is 135 Å². The van der Waals surface area contributed by atoms with Crippen LogP contribution in [0.3, 0.4) is 0 Å². The summed E-state index contributed by atoms with van der Waals surface area (Å²) in [4.78, 5) is 2.58. The van der Waals surface area contributed by atoms with Crippen LogP contribution in [0.5, 0.6) is 0 Å². The summed E-state index contributed by atoms with van der Waals surface area (Å²) in [6.07, 6.45) is 10.1. The first-order chi connectivity index (χ1) is 10.8. The lowest BCUT2D eigenvalue weighted by Crippen LogP contribution is -2.39. The average molecular weight is 296 g/mol. The van der Waals surface area contributed by atoms with Crippen LogP contribution in [0.1, 0.15) is 56.9 Å². The maximum atomic E-state index is 10.2. The fourth-order valence-corrected chi connectivity index (χ4v) is 4.47. The minimum absolute atomic E-state index is 0.269. The fourth-order valence-electron chi connectivity index (χ4n) is 4.47. The monoisotopic (exact) mass is 296 g/mol. The number of hydrogen-bond acceptors (Lipinski definition) is 2. The van der Waals surface area contributed by atoms with Gasteiger partial charge < -0.3 is 4.90 Å². The standard InChI is InChI=1S/C20H28N2/c21-17-20(19-11-5-6-12-19,18-9-3-1-4-10-18)13-16-22-14-7-2-8-15-22/h1,3-4,9-10,19H,2,5-8,11-16H2. The highest BCUT2D eigenvalue weighted by atomic mass is 15.1. The average Bonchev–Trinajstić information content (AvgIpc) is 3.13. The number of nitriles is 1. The molecule has 2 heteroatoms. The predicted molar refractivity (Wildman–Crippen MR) is 90.6 cm³/mol. The molecule has 2 fully saturated rings. The van der Waals surface area contributed by atoms with Gasteiger partial charge in [0, 0.05) is 0 Å². The molecule has 0 spiro atoms. The van der Waals surface area contributed by atoms with Crippen LogP contribution in [-0.2, 0) is 5.41 Å². The summed E-state index contributed by atoms with van der Waals surface area (Å²) in [5.41, 5.74) is 0.983. The molecule has 1 aromatic rings. The molecule has 1 unspecified atom stereocenters. The van der Waals surface area contributed by atoms with Crippen molar-refractivity contribution < 1.29 is 0 Å². The number of hydrogen-bond donors (Lipinski definition) is 0. The number of likely N-dealkylation sites (tertiary alicyclic amines) is 1. The van der Waals surface area contributed by atoms with Gasteiger partial charge in [-0.3, -0.25) is 0 Å². The zero-order valence-corrected chi connectivity index (χ0v) is 13.6. The van der Waals surface area contributed by atoms with E-state index in [0.29, 0.717) is 5.92 Å². The van der Waals surface area contributed by atoms with Gasteiger partial charge in [0.15, 0.2) is 0 Å². The molecule has 3 rings (SSSR count). The Balaban J connectivity index is 1.80. The number of nitrogens with zero attached hydrogens (tertiary/aromatic N) is 2. The second kappa shape index (κ2) is 7.29. The minimum Gasteiger partial charge on any atom is -0.303 e. The molecule has 2 aliphatic rings. The van der Waals surface area contributed by atoms with Crippen molar-refractivity contribution in [2.24, 2.45) is 5.92 Å². The molecule has 1 heterocycles. The Kier molecular flexibility index (Phi) is 5.16. The van der Waals surface area contributed by atoms with Crippen LogP contribution in [0.4, 0.5) is 0 Å². The van der Waals surface area contributed by atoms with Crippen molar-refractivity contribution in [3.8, 4) is 6.07 Å². The van der Waals surface area contributed by atoms with Gasteiger partial charge in [-0.25, -0.2) is 0 Å². The summed E-state index contributed by atoms with van der Waals surface area (Å²) < 4.78 is 0. The van der Waals surface area contributed by atoms with Crippen LogP contribution in [0.25, 0.3) is 0 Å². The van der Waals surface area contributed by atoms with Gasteiger partial charge >= 0.3 is 0 Å². The van der Waals surface area contributed by atoms with E-state index in [-0.39, 0.29) is 5.41 Å². The number of piperidine rings is 1. The molecular formula is C20H28N2. The summed E-state index contributed by atoms with van der Waals surface area (Å²) >= 11 is 0. The van der Waals surface area contributed by atoms with Crippen LogP contribution in [0, 0.1) is 17.2 Å². The van der Waals surface area contributed by atoms with E-state index in [4.69, 9.17) is 0 Å². The fraction of sp³-hybridized carbons (Fsp3) is 0.650. The molecule has 118 valence electrons. The second-order valence-electron chi connectivity index (χ2n) is 7.08. The summed E-state index contributed by atoms with van der Waals surface area (Å²) in [5.74, 6) is 0.546. The molecule has 22 heavy (non-hydrogen) atoms. The molecule has 1 aromatic carbocycles. The zero-order chi connectivity index (χ0) is 15.3. The highest BCUT2D eigenvalue weighted by Gasteiger charge is 2.42. The lowest BCUT2D eigenvalue weighted by molar-refractivity contribution is 0.196. The molecule has 0 aromatic heterocycles. The van der Waals surface area contributed by atoms with E-state index in [1.165, 1.54) is 63.6 Å². The van der Waals surface area contributed by atoms with Crippen LogP contribution in [0.2, 0.25) is 0 Å². The molecule has 0 N–H and O–H groups in total. The Bertz CT molecular complexity index is 492. The molecular weight excluding hydrogens is 268 g/mol. The Morgan fingerprint density at radius 2 is 1.68 bits per heavy atom. The van der Waals surface area contributed by atoms with E-state index in [1.54, 1.807) is 0 Å². The Hall–Kier alpha value is -1.33. The van der Waals surface area contributed by atoms with Gasteiger partial charge in [0.2, 0.25) is 0 Å². The van der Waals surface area contributed by atoms with Gasteiger partial charge in [0.1, 0.15) is 0 Å². The first-order valence-electron chi connectivity index (χ1n) is 9.04. The normalized spacial score (nSPS) is 23.0. The first kappa shape index (κ1) is 15.6. The first-order valence-corrected chi connectivity index (χ1v) is 9.04. The van der Waals surface area contributed by atoms with E-state index >= 15 is 0 Å². The van der Waals surface area contributed by atoms with Crippen molar-refractivity contribution in [2.75, 3.05) is 19.6 Å². The third-order valence-electron chi connectivity index (χ3n) is 5.81. The molecule has 1 aliphatic heterocycles. The number of rotatable bonds is 5. The highest BCUT2D eigenvalue weighted by Crippen LogP contribution is 2.44. The van der Waals surface area contributed by atoms with Crippen molar-refractivity contribution in [1.82, 2.24) is 4.90 Å². The highest BCUT2D eigenvalue weighted by molar-refractivity contribution is 5.34. The van der Waals surface area contributed by atoms with Crippen molar-refractivity contribution >= 4 is 0 Å². The predicted octanol–water partition coefficient (Wildman–Crippen LogP) is 4.51. The van der Waals surface area contributed by atoms with E-state index in [0.717, 1.165) is 13.0 Å². The maximum absolute atomic E-state index is 10.2. The van der Waals surface area contributed by atoms with E-state index in [1.807, 2.05) is 0 Å². The van der Waals surface area contributed by atoms with Crippen molar-refractivity contribution in [1.29, 1.82) is 5.26 Å². The van der Waals surface area contributed by atoms with Crippen LogP contribution < -0.4 is 0 Å². The summed E-state index contributed by atoms with van der Waals surface area (Å²) in [6, 6.07) is 13.4. The number of benzene rings is 1. The summed E-state index contributed by atoms with van der Waals surface area (Å²) in [6.45, 7) is 3.53. The molecule has 1 aliphatic carbocycles. The lowest BCUT2D eigenvalue weighted by Gasteiger charge is -2.36. The SMILES string of the molecule is N#CC(CCN1CCCCC1)(c1ccccc1)C1CCCC1. The van der Waals surface area contributed by atoms with Crippen LogP contribution in [-0.4, -0.2) is 24.5 Å². The molecule has 0 bridgehead atoms. The van der Waals surface area contributed by atoms with Gasteiger partial charge in [0.25, 0.3) is 0 Å². The Morgan fingerprint density at radius 3 is 2.32 bits per heavy atom. The topological polar surface area (TPSA) is 27.0 Å². The minimum atomic E-state index is -0.269. The van der Waals surface area contributed by atoms with E-state index in [9.17, 15) is 5.26 Å². The van der Waals surface area contributed by atoms with Gasteiger partial charge in [-0.1, -0.05) is 49.6 Å². The van der Waals surface area contributed by atoms with Crippen molar-refractivity contribution in [2.45, 2.75) is 56.8 Å². The zero-order valence-electron chi connectivity index (χ0n) is 13.6. The van der Waals surface area contributed by atoms with Gasteiger partial charge in [-0.05, 0) is 63.2 Å². The maximum Gasteiger partial charge on any atom is 0.0862 e. The third kappa shape index (κ3) is 3.20. The van der Waals surface area contributed by atoms with Gasteiger partial charge in [0.05, 0.1) is 11.5 Å². The molecule has 0 amide bonds. The molecule has 1 atom stereocenters. The molecule has 1 saturated carbocycles. The largest absolute Gasteiger partial charge is 0.303 e. The third-order valence-corrected chi connectivity index (χ3v) is 5.81. The van der Waals surface area contributed by atoms with E-state index < -0.39 is 0 Å². The van der Waals surface area contributed by atoms with Crippen LogP contribution in [0.15, 0.2) is 30.3 Å². The molecule has 0 radical (unpaired) electrons. The van der Waals surface area contributed by atoms with Crippen LogP contribution >= 0.6 is 0 Å². The summed E-state index contributed by atoms with van der Waals surface area (Å²) in [5, 5.41) is 10.2. The summed E-state index contributed by atoms with van der Waals surface area (Å²) in [7, 11) is 0. The second-order valence-corrected chi connectivity index (χ2v) is 7.08. The molecule has 2 nitrogen and oxygen atoms in total. The Morgan fingerprint density at radius 1 is 1.00 bits per heavy atom. The van der Waals surface area contributed by atoms with E-state index in [2.05, 4.69) is 41.3 Å². The van der Waals surface area contributed by atoms with Crippen molar-refractivity contribution in [3.05, 3.63) is 35.9 Å². The lowest BCUT2D eigenvalue weighted by atomic mass is 9.68. The van der Waals surface area contributed by atoms with Gasteiger partial charge in [-0.2, -0.15) is 5.26 Å². The smallest absolute Gasteiger partial charge is 0.0862 e. The molecule has 1 saturated heterocycles.